The lowest BCUT2D eigenvalue weighted by Crippen LogP contribution is -2.41. The highest BCUT2D eigenvalue weighted by atomic mass is 19.1. The number of halogens is 2. The Morgan fingerprint density at radius 2 is 1.75 bits per heavy atom. The van der Waals surface area contributed by atoms with Crippen molar-refractivity contribution in [2.75, 3.05) is 0 Å². The van der Waals surface area contributed by atoms with Gasteiger partial charge in [0.05, 0.1) is 35.5 Å². The lowest BCUT2D eigenvalue weighted by atomic mass is 9.78. The molecular weight excluding hydrogens is 365 g/mol. The molecule has 0 N–H and O–H groups in total. The molecule has 0 unspecified atom stereocenters. The van der Waals surface area contributed by atoms with Gasteiger partial charge in [0.25, 0.3) is 5.91 Å². The second-order valence-electron chi connectivity index (χ2n) is 8.21. The molecule has 1 fully saturated rings. The van der Waals surface area contributed by atoms with Crippen molar-refractivity contribution in [2.24, 2.45) is 0 Å². The summed E-state index contributed by atoms with van der Waals surface area (Å²) in [7, 11) is -0.857. The molecule has 2 aliphatic heterocycles. The van der Waals surface area contributed by atoms with Crippen LogP contribution in [0.3, 0.4) is 0 Å². The lowest BCUT2D eigenvalue weighted by Gasteiger charge is -2.32. The Balaban J connectivity index is 1.57. The van der Waals surface area contributed by atoms with E-state index in [1.165, 1.54) is 17.0 Å². The van der Waals surface area contributed by atoms with Crippen molar-refractivity contribution < 1.29 is 22.9 Å². The highest BCUT2D eigenvalue weighted by Gasteiger charge is 2.52. The summed E-state index contributed by atoms with van der Waals surface area (Å²) in [4.78, 5) is 18.0. The van der Waals surface area contributed by atoms with Gasteiger partial charge in [-0.1, -0.05) is 0 Å². The van der Waals surface area contributed by atoms with Crippen LogP contribution >= 0.6 is 0 Å². The van der Waals surface area contributed by atoms with Gasteiger partial charge in [-0.05, 0) is 57.4 Å². The summed E-state index contributed by atoms with van der Waals surface area (Å²) < 4.78 is 41.2. The van der Waals surface area contributed by atoms with Gasteiger partial charge in [0.15, 0.2) is 0 Å². The summed E-state index contributed by atoms with van der Waals surface area (Å²) in [6, 6.07) is 5.76. The molecule has 0 aliphatic carbocycles. The zero-order chi connectivity index (χ0) is 20.3. The zero-order valence-corrected chi connectivity index (χ0v) is 16.3. The maximum atomic E-state index is 14.8. The number of pyridine rings is 1. The Morgan fingerprint density at radius 3 is 2.32 bits per heavy atom. The van der Waals surface area contributed by atoms with Gasteiger partial charge in [-0.2, -0.15) is 0 Å². The Bertz CT molecular complexity index is 925. The fourth-order valence-corrected chi connectivity index (χ4v) is 3.39. The van der Waals surface area contributed by atoms with Crippen molar-refractivity contribution in [1.29, 1.82) is 0 Å². The van der Waals surface area contributed by atoms with Crippen LogP contribution in [0.4, 0.5) is 8.78 Å². The fourth-order valence-electron chi connectivity index (χ4n) is 3.39. The number of aromatic nitrogens is 1. The first-order chi connectivity index (χ1) is 13.1. The molecule has 0 radical (unpaired) electrons. The Kier molecular flexibility index (Phi) is 4.32. The van der Waals surface area contributed by atoms with E-state index < -0.39 is 30.0 Å². The van der Waals surface area contributed by atoms with E-state index in [9.17, 15) is 13.6 Å². The minimum atomic E-state index is -0.857. The van der Waals surface area contributed by atoms with Crippen LogP contribution in [0.5, 0.6) is 0 Å². The van der Waals surface area contributed by atoms with Crippen molar-refractivity contribution in [3.63, 3.8) is 0 Å². The lowest BCUT2D eigenvalue weighted by molar-refractivity contribution is 0.00578. The smallest absolute Gasteiger partial charge is 0.399 e. The first-order valence-electron chi connectivity index (χ1n) is 9.16. The molecule has 3 heterocycles. The molecular formula is C20H21BF2N2O3. The number of hydrogen-bond donors (Lipinski definition) is 0. The first kappa shape index (κ1) is 19.0. The summed E-state index contributed by atoms with van der Waals surface area (Å²) >= 11 is 0. The highest BCUT2D eigenvalue weighted by molar-refractivity contribution is 6.62. The van der Waals surface area contributed by atoms with E-state index in [0.29, 0.717) is 11.3 Å². The molecule has 4 rings (SSSR count). The SMILES string of the molecule is CC1(C)OB(c2cc(F)c(CN3Cc4ncccc4C3=O)c(F)c2)OC1(C)C. The van der Waals surface area contributed by atoms with Crippen molar-refractivity contribution in [2.45, 2.75) is 52.0 Å². The summed E-state index contributed by atoms with van der Waals surface area (Å²) in [6.45, 7) is 7.55. The molecule has 8 heteroatoms. The summed E-state index contributed by atoms with van der Waals surface area (Å²) in [6.07, 6.45) is 1.59. The predicted molar refractivity (Wildman–Crippen MR) is 99.9 cm³/mol. The van der Waals surface area contributed by atoms with E-state index in [-0.39, 0.29) is 30.0 Å². The largest absolute Gasteiger partial charge is 0.495 e. The Morgan fingerprint density at radius 1 is 1.14 bits per heavy atom. The van der Waals surface area contributed by atoms with Crippen LogP contribution in [0.2, 0.25) is 0 Å². The van der Waals surface area contributed by atoms with Gasteiger partial charge in [0, 0.05) is 11.8 Å². The van der Waals surface area contributed by atoms with Gasteiger partial charge in [0.2, 0.25) is 0 Å². The normalized spacial score (nSPS) is 20.0. The van der Waals surface area contributed by atoms with Crippen molar-refractivity contribution in [3.8, 4) is 0 Å². The number of carbonyl (C=O) groups is 1. The molecule has 2 aromatic rings. The van der Waals surface area contributed by atoms with E-state index >= 15 is 0 Å². The molecule has 28 heavy (non-hydrogen) atoms. The summed E-state index contributed by atoms with van der Waals surface area (Å²) in [5, 5.41) is 0. The minimum absolute atomic E-state index is 0.165. The van der Waals surface area contributed by atoms with Crippen LogP contribution < -0.4 is 5.46 Å². The molecule has 146 valence electrons. The Labute approximate surface area is 162 Å². The van der Waals surface area contributed by atoms with Gasteiger partial charge in [-0.25, -0.2) is 8.78 Å². The number of rotatable bonds is 3. The topological polar surface area (TPSA) is 51.7 Å². The zero-order valence-electron chi connectivity index (χ0n) is 16.3. The third-order valence-corrected chi connectivity index (χ3v) is 5.79. The standard InChI is InChI=1S/C20H21BF2N2O3/c1-19(2)20(3,4)28-21(27-19)12-8-15(22)14(16(23)9-12)10-25-11-17-13(18(25)26)6-5-7-24-17/h5-9H,10-11H2,1-4H3. The van der Waals surface area contributed by atoms with Crippen LogP contribution in [0.25, 0.3) is 0 Å². The number of amides is 1. The van der Waals surface area contributed by atoms with Gasteiger partial charge >= 0.3 is 7.12 Å². The van der Waals surface area contributed by atoms with E-state index in [1.54, 1.807) is 18.3 Å². The maximum Gasteiger partial charge on any atom is 0.495 e. The first-order valence-corrected chi connectivity index (χ1v) is 9.16. The van der Waals surface area contributed by atoms with E-state index in [0.717, 1.165) is 0 Å². The minimum Gasteiger partial charge on any atom is -0.399 e. The molecule has 1 aromatic heterocycles. The molecule has 1 amide bonds. The average molecular weight is 386 g/mol. The van der Waals surface area contributed by atoms with Crippen molar-refractivity contribution >= 4 is 18.5 Å². The summed E-state index contributed by atoms with van der Waals surface area (Å²) in [5.74, 6) is -1.75. The van der Waals surface area contributed by atoms with Crippen LogP contribution in [-0.2, 0) is 22.4 Å². The van der Waals surface area contributed by atoms with Crippen LogP contribution in [0.1, 0.15) is 49.3 Å². The number of hydrogen-bond acceptors (Lipinski definition) is 4. The van der Waals surface area contributed by atoms with Crippen molar-refractivity contribution in [1.82, 2.24) is 9.88 Å². The molecule has 1 aromatic carbocycles. The van der Waals surface area contributed by atoms with Gasteiger partial charge in [0.1, 0.15) is 11.6 Å². The highest BCUT2D eigenvalue weighted by Crippen LogP contribution is 2.36. The van der Waals surface area contributed by atoms with Crippen molar-refractivity contribution in [3.05, 3.63) is 58.9 Å². The second-order valence-corrected chi connectivity index (χ2v) is 8.21. The maximum absolute atomic E-state index is 14.8. The van der Waals surface area contributed by atoms with E-state index in [2.05, 4.69) is 4.98 Å². The van der Waals surface area contributed by atoms with Crippen LogP contribution in [0.15, 0.2) is 30.5 Å². The van der Waals surface area contributed by atoms with Crippen LogP contribution in [0, 0.1) is 11.6 Å². The molecule has 0 atom stereocenters. The number of fused-ring (bicyclic) bond motifs is 1. The Hall–Kier alpha value is -2.32. The number of nitrogens with zero attached hydrogens (tertiary/aromatic N) is 2. The molecule has 0 spiro atoms. The van der Waals surface area contributed by atoms with Crippen LogP contribution in [-0.4, -0.2) is 34.1 Å². The van der Waals surface area contributed by atoms with Gasteiger partial charge < -0.3 is 14.2 Å². The van der Waals surface area contributed by atoms with E-state index in [1.807, 2.05) is 27.7 Å². The monoisotopic (exact) mass is 386 g/mol. The molecule has 5 nitrogen and oxygen atoms in total. The average Bonchev–Trinajstić information content (AvgIpc) is 3.04. The summed E-state index contributed by atoms with van der Waals surface area (Å²) in [5.41, 5.74) is -0.0236. The fraction of sp³-hybridized carbons (Fsp3) is 0.400. The molecule has 0 saturated carbocycles. The third kappa shape index (κ3) is 3.01. The van der Waals surface area contributed by atoms with Gasteiger partial charge in [-0.3, -0.25) is 9.78 Å². The molecule has 1 saturated heterocycles. The van der Waals surface area contributed by atoms with Gasteiger partial charge in [-0.15, -0.1) is 0 Å². The molecule has 0 bridgehead atoms. The predicted octanol–water partition coefficient (Wildman–Crippen LogP) is 2.82. The number of benzene rings is 1. The third-order valence-electron chi connectivity index (χ3n) is 5.79. The number of carbonyl (C=O) groups excluding carboxylic acids is 1. The quantitative estimate of drug-likeness (QED) is 0.762. The second kappa shape index (κ2) is 6.35. The van der Waals surface area contributed by atoms with E-state index in [4.69, 9.17) is 9.31 Å². The molecule has 2 aliphatic rings.